The van der Waals surface area contributed by atoms with Crippen molar-refractivity contribution in [2.24, 2.45) is 5.41 Å². The molecule has 2 aliphatic rings. The minimum absolute atomic E-state index is 0.162. The number of nitrogens with two attached hydrogens (primary N) is 1. The van der Waals surface area contributed by atoms with Crippen LogP contribution < -0.4 is 11.1 Å². The SMILES string of the molecule is CCOC(=O)C(Cc1ccc(N)cc1)NC1=C(Br)C(=O)C12CCCCC2. The van der Waals surface area contributed by atoms with E-state index >= 15 is 0 Å². The van der Waals surface area contributed by atoms with E-state index in [9.17, 15) is 9.59 Å². The highest BCUT2D eigenvalue weighted by Crippen LogP contribution is 2.53. The van der Waals surface area contributed by atoms with E-state index in [0.29, 0.717) is 23.2 Å². The third-order valence-electron chi connectivity index (χ3n) is 5.35. The van der Waals surface area contributed by atoms with Crippen LogP contribution in [-0.2, 0) is 20.7 Å². The van der Waals surface area contributed by atoms with Gasteiger partial charge in [-0.2, -0.15) is 0 Å². The number of carbonyl (C=O) groups excluding carboxylic acids is 2. The quantitative estimate of drug-likeness (QED) is 0.543. The van der Waals surface area contributed by atoms with Crippen LogP contribution in [0.15, 0.2) is 34.4 Å². The zero-order valence-electron chi connectivity index (χ0n) is 15.0. The Balaban J connectivity index is 1.82. The van der Waals surface area contributed by atoms with E-state index in [4.69, 9.17) is 10.5 Å². The number of anilines is 1. The van der Waals surface area contributed by atoms with Gasteiger partial charge in [0.15, 0.2) is 5.78 Å². The van der Waals surface area contributed by atoms with Gasteiger partial charge in [-0.25, -0.2) is 4.79 Å². The van der Waals surface area contributed by atoms with Crippen molar-refractivity contribution < 1.29 is 14.3 Å². The molecule has 3 rings (SSSR count). The Hall–Kier alpha value is -1.82. The van der Waals surface area contributed by atoms with E-state index in [1.165, 1.54) is 0 Å². The molecule has 1 spiro atoms. The molecule has 140 valence electrons. The summed E-state index contributed by atoms with van der Waals surface area (Å²) < 4.78 is 5.83. The molecule has 0 aliphatic heterocycles. The van der Waals surface area contributed by atoms with Gasteiger partial charge in [0.05, 0.1) is 16.5 Å². The third kappa shape index (κ3) is 3.52. The van der Waals surface area contributed by atoms with E-state index in [2.05, 4.69) is 21.2 Å². The van der Waals surface area contributed by atoms with Gasteiger partial charge in [-0.05, 0) is 53.4 Å². The largest absolute Gasteiger partial charge is 0.464 e. The lowest BCUT2D eigenvalue weighted by Gasteiger charge is -2.46. The first-order valence-corrected chi connectivity index (χ1v) is 10.00. The number of rotatable bonds is 6. The van der Waals surface area contributed by atoms with Gasteiger partial charge >= 0.3 is 5.97 Å². The van der Waals surface area contributed by atoms with Crippen LogP contribution in [0.4, 0.5) is 5.69 Å². The molecule has 0 radical (unpaired) electrons. The average Bonchev–Trinajstić information content (AvgIpc) is 2.66. The Morgan fingerprint density at radius 3 is 2.54 bits per heavy atom. The number of Topliss-reactive ketones (excluding diaryl/α,β-unsaturated/α-hetero) is 1. The Labute approximate surface area is 162 Å². The van der Waals surface area contributed by atoms with Gasteiger partial charge in [0, 0.05) is 17.8 Å². The fraction of sp³-hybridized carbons (Fsp3) is 0.500. The number of carbonyl (C=O) groups is 2. The number of hydrogen-bond donors (Lipinski definition) is 2. The van der Waals surface area contributed by atoms with Crippen molar-refractivity contribution in [3.05, 3.63) is 40.0 Å². The van der Waals surface area contributed by atoms with Gasteiger partial charge in [0.25, 0.3) is 0 Å². The molecule has 3 N–H and O–H groups in total. The van der Waals surface area contributed by atoms with Crippen LogP contribution in [0, 0.1) is 5.41 Å². The summed E-state index contributed by atoms with van der Waals surface area (Å²) in [5.74, 6) is -0.141. The van der Waals surface area contributed by atoms with Crippen LogP contribution in [0.1, 0.15) is 44.6 Å². The maximum absolute atomic E-state index is 12.5. The Morgan fingerprint density at radius 1 is 1.27 bits per heavy atom. The molecule has 1 fully saturated rings. The summed E-state index contributed by atoms with van der Waals surface area (Å²) in [6.07, 6.45) is 5.42. The van der Waals surface area contributed by atoms with Crippen LogP contribution >= 0.6 is 15.9 Å². The first-order chi connectivity index (χ1) is 12.5. The Morgan fingerprint density at radius 2 is 1.92 bits per heavy atom. The monoisotopic (exact) mass is 420 g/mol. The van der Waals surface area contributed by atoms with E-state index in [-0.39, 0.29) is 11.8 Å². The predicted octanol–water partition coefficient (Wildman–Crippen LogP) is 3.47. The molecule has 26 heavy (non-hydrogen) atoms. The summed E-state index contributed by atoms with van der Waals surface area (Å²) in [5.41, 5.74) is 7.85. The lowest BCUT2D eigenvalue weighted by molar-refractivity contribution is -0.146. The second-order valence-corrected chi connectivity index (χ2v) is 7.85. The summed E-state index contributed by atoms with van der Waals surface area (Å²) in [4.78, 5) is 25.1. The van der Waals surface area contributed by atoms with Crippen molar-refractivity contribution >= 4 is 33.4 Å². The number of ketones is 1. The van der Waals surface area contributed by atoms with Crippen molar-refractivity contribution in [2.75, 3.05) is 12.3 Å². The van der Waals surface area contributed by atoms with Gasteiger partial charge in [-0.3, -0.25) is 4.79 Å². The van der Waals surface area contributed by atoms with Gasteiger partial charge in [0.1, 0.15) is 6.04 Å². The summed E-state index contributed by atoms with van der Waals surface area (Å²) in [6.45, 7) is 2.12. The van der Waals surface area contributed by atoms with Crippen molar-refractivity contribution in [3.63, 3.8) is 0 Å². The van der Waals surface area contributed by atoms with Crippen LogP contribution in [0.2, 0.25) is 0 Å². The van der Waals surface area contributed by atoms with Crippen LogP contribution in [0.25, 0.3) is 0 Å². The van der Waals surface area contributed by atoms with Gasteiger partial charge in [0.2, 0.25) is 0 Å². The first-order valence-electron chi connectivity index (χ1n) is 9.20. The molecular weight excluding hydrogens is 396 g/mol. The lowest BCUT2D eigenvalue weighted by atomic mass is 9.62. The molecule has 0 saturated heterocycles. The van der Waals surface area contributed by atoms with Gasteiger partial charge < -0.3 is 15.8 Å². The molecule has 1 aromatic rings. The number of esters is 1. The number of ether oxygens (including phenoxy) is 1. The topological polar surface area (TPSA) is 81.4 Å². The number of nitrogen functional groups attached to an aromatic ring is 1. The fourth-order valence-corrected chi connectivity index (χ4v) is 4.79. The highest BCUT2D eigenvalue weighted by Gasteiger charge is 2.53. The molecule has 1 saturated carbocycles. The van der Waals surface area contributed by atoms with Gasteiger partial charge in [-0.1, -0.05) is 31.4 Å². The predicted molar refractivity (Wildman–Crippen MR) is 105 cm³/mol. The normalized spacial score (nSPS) is 19.8. The van der Waals surface area contributed by atoms with Crippen LogP contribution in [-0.4, -0.2) is 24.4 Å². The maximum Gasteiger partial charge on any atom is 0.328 e. The highest BCUT2D eigenvalue weighted by molar-refractivity contribution is 9.12. The van der Waals surface area contributed by atoms with E-state index in [0.717, 1.165) is 43.4 Å². The minimum atomic E-state index is -0.534. The molecule has 0 aromatic heterocycles. The zero-order chi connectivity index (χ0) is 18.7. The smallest absolute Gasteiger partial charge is 0.328 e. The maximum atomic E-state index is 12.5. The highest BCUT2D eigenvalue weighted by atomic mass is 79.9. The molecule has 1 unspecified atom stereocenters. The fourth-order valence-electron chi connectivity index (χ4n) is 3.92. The van der Waals surface area contributed by atoms with E-state index in [1.807, 2.05) is 24.3 Å². The molecule has 6 heteroatoms. The number of allylic oxidation sites excluding steroid dienone is 2. The first kappa shape index (κ1) is 19.0. The molecule has 0 amide bonds. The zero-order valence-corrected chi connectivity index (χ0v) is 16.6. The lowest BCUT2D eigenvalue weighted by Crippen LogP contribution is -2.53. The molecule has 5 nitrogen and oxygen atoms in total. The Kier molecular flexibility index (Phi) is 5.70. The van der Waals surface area contributed by atoms with Crippen molar-refractivity contribution in [2.45, 2.75) is 51.5 Å². The minimum Gasteiger partial charge on any atom is -0.464 e. The molecular formula is C20H25BrN2O3. The van der Waals surface area contributed by atoms with E-state index in [1.54, 1.807) is 6.92 Å². The van der Waals surface area contributed by atoms with Crippen LogP contribution in [0.3, 0.4) is 0 Å². The summed E-state index contributed by atoms with van der Waals surface area (Å²) >= 11 is 3.41. The molecule has 1 aromatic carbocycles. The summed E-state index contributed by atoms with van der Waals surface area (Å²) in [7, 11) is 0. The second-order valence-electron chi connectivity index (χ2n) is 7.06. The van der Waals surface area contributed by atoms with Crippen molar-refractivity contribution in [1.29, 1.82) is 0 Å². The molecule has 1 atom stereocenters. The average molecular weight is 421 g/mol. The number of benzene rings is 1. The Bertz CT molecular complexity index is 721. The standard InChI is InChI=1S/C20H25BrN2O3/c1-2-26-19(25)15(12-13-6-8-14(22)9-7-13)23-17-16(21)18(24)20(17)10-4-3-5-11-20/h6-9,15,23H,2-5,10-12,22H2,1H3. The second kappa shape index (κ2) is 7.82. The number of hydrogen-bond acceptors (Lipinski definition) is 5. The summed E-state index contributed by atoms with van der Waals surface area (Å²) in [5, 5.41) is 3.35. The van der Waals surface area contributed by atoms with Crippen molar-refractivity contribution in [3.8, 4) is 0 Å². The van der Waals surface area contributed by atoms with Crippen molar-refractivity contribution in [1.82, 2.24) is 5.32 Å². The molecule has 0 bridgehead atoms. The molecule has 2 aliphatic carbocycles. The third-order valence-corrected chi connectivity index (χ3v) is 6.10. The summed E-state index contributed by atoms with van der Waals surface area (Å²) in [6, 6.07) is 6.93. The van der Waals surface area contributed by atoms with Gasteiger partial charge in [-0.15, -0.1) is 0 Å². The van der Waals surface area contributed by atoms with Crippen LogP contribution in [0.5, 0.6) is 0 Å². The molecule has 0 heterocycles. The number of nitrogens with one attached hydrogen (secondary N) is 1. The number of halogens is 1. The van der Waals surface area contributed by atoms with E-state index < -0.39 is 11.5 Å².